The Hall–Kier alpha value is -2.13. The fourth-order valence-electron chi connectivity index (χ4n) is 2.42. The third-order valence-electron chi connectivity index (χ3n) is 3.66. The first-order valence-corrected chi connectivity index (χ1v) is 7.38. The van der Waals surface area contributed by atoms with Crippen LogP contribution >= 0.6 is 0 Å². The summed E-state index contributed by atoms with van der Waals surface area (Å²) in [7, 11) is 1.87. The van der Waals surface area contributed by atoms with Crippen molar-refractivity contribution in [2.24, 2.45) is 0 Å². The van der Waals surface area contributed by atoms with Gasteiger partial charge in [0.15, 0.2) is 0 Å². The van der Waals surface area contributed by atoms with Gasteiger partial charge in [0.2, 0.25) is 11.7 Å². The largest absolute Gasteiger partial charge is 0.346 e. The van der Waals surface area contributed by atoms with Crippen LogP contribution in [0.3, 0.4) is 0 Å². The third-order valence-corrected chi connectivity index (χ3v) is 3.66. The summed E-state index contributed by atoms with van der Waals surface area (Å²) in [6.45, 7) is 4.52. The highest BCUT2D eigenvalue weighted by Crippen LogP contribution is 2.15. The number of nitrogens with zero attached hydrogens (tertiary/aromatic N) is 1. The van der Waals surface area contributed by atoms with Crippen LogP contribution in [0.2, 0.25) is 0 Å². The number of carbonyl (C=O) groups is 3. The van der Waals surface area contributed by atoms with Crippen LogP contribution in [0.25, 0.3) is 0 Å². The molecule has 0 aromatic carbocycles. The van der Waals surface area contributed by atoms with Gasteiger partial charge in [0.25, 0.3) is 5.91 Å². The number of nitrogens with one attached hydrogen (secondary N) is 2. The van der Waals surface area contributed by atoms with Crippen molar-refractivity contribution in [3.63, 3.8) is 0 Å². The third kappa shape index (κ3) is 5.01. The molecule has 0 aromatic heterocycles. The van der Waals surface area contributed by atoms with Crippen molar-refractivity contribution < 1.29 is 14.4 Å². The van der Waals surface area contributed by atoms with E-state index in [1.165, 1.54) is 6.08 Å². The fraction of sp³-hybridized carbons (Fsp3) is 0.562. The first-order chi connectivity index (χ1) is 10.5. The fourth-order valence-corrected chi connectivity index (χ4v) is 2.42. The van der Waals surface area contributed by atoms with Crippen LogP contribution in [-0.4, -0.2) is 54.7 Å². The van der Waals surface area contributed by atoms with E-state index in [9.17, 15) is 14.4 Å². The predicted molar refractivity (Wildman–Crippen MR) is 83.9 cm³/mol. The highest BCUT2D eigenvalue weighted by atomic mass is 16.2. The Balaban J connectivity index is 2.68. The molecule has 1 heterocycles. The number of hydrogen-bond acceptors (Lipinski definition) is 4. The van der Waals surface area contributed by atoms with Crippen LogP contribution < -0.4 is 10.6 Å². The number of rotatable bonds is 8. The highest BCUT2D eigenvalue weighted by molar-refractivity contribution is 6.38. The first-order valence-electron chi connectivity index (χ1n) is 7.38. The van der Waals surface area contributed by atoms with Crippen LogP contribution in [0.15, 0.2) is 12.7 Å². The van der Waals surface area contributed by atoms with Gasteiger partial charge in [-0.05, 0) is 32.9 Å². The van der Waals surface area contributed by atoms with Gasteiger partial charge in [-0.3, -0.25) is 19.3 Å². The summed E-state index contributed by atoms with van der Waals surface area (Å²) in [5.74, 6) is 0.786. The number of ketones is 1. The maximum absolute atomic E-state index is 12.3. The average Bonchev–Trinajstić information content (AvgIpc) is 2.94. The van der Waals surface area contributed by atoms with Gasteiger partial charge in [0.1, 0.15) is 0 Å². The maximum atomic E-state index is 12.3. The van der Waals surface area contributed by atoms with Gasteiger partial charge in [-0.25, -0.2) is 0 Å². The molecule has 1 aliphatic heterocycles. The van der Waals surface area contributed by atoms with E-state index >= 15 is 0 Å². The average molecular weight is 305 g/mol. The monoisotopic (exact) mass is 305 g/mol. The number of likely N-dealkylation sites (N-methyl/N-ethyl adjacent to an activating group) is 1. The quantitative estimate of drug-likeness (QED) is 0.371. The van der Waals surface area contributed by atoms with Crippen LogP contribution in [0.1, 0.15) is 25.7 Å². The Bertz CT molecular complexity index is 482. The standard InChI is InChI=1S/C16H23N3O3/c1-4-6-8-12(14(20)16(22)17-10-5-2)18-15(21)13-9-7-11-19(13)3/h1,5,12-13H,2,6-11H2,3H3,(H,17,22)(H,18,21)/t12?,13-/m0/s1. The van der Waals surface area contributed by atoms with Gasteiger partial charge in [-0.1, -0.05) is 6.08 Å². The molecule has 0 aromatic rings. The van der Waals surface area contributed by atoms with E-state index in [2.05, 4.69) is 23.1 Å². The van der Waals surface area contributed by atoms with Crippen molar-refractivity contribution in [1.82, 2.24) is 15.5 Å². The van der Waals surface area contributed by atoms with Crippen LogP contribution in [-0.2, 0) is 14.4 Å². The van der Waals surface area contributed by atoms with E-state index < -0.39 is 17.7 Å². The van der Waals surface area contributed by atoms with Crippen molar-refractivity contribution in [2.75, 3.05) is 20.1 Å². The van der Waals surface area contributed by atoms with E-state index in [-0.39, 0.29) is 24.9 Å². The van der Waals surface area contributed by atoms with E-state index in [4.69, 9.17) is 6.42 Å². The number of hydrogen-bond donors (Lipinski definition) is 2. The number of likely N-dealkylation sites (tertiary alicyclic amines) is 1. The summed E-state index contributed by atoms with van der Waals surface area (Å²) >= 11 is 0. The van der Waals surface area contributed by atoms with E-state index in [1.54, 1.807) is 0 Å². The van der Waals surface area contributed by atoms with Crippen molar-refractivity contribution in [1.29, 1.82) is 0 Å². The molecule has 1 fully saturated rings. The van der Waals surface area contributed by atoms with Gasteiger partial charge >= 0.3 is 0 Å². The lowest BCUT2D eigenvalue weighted by molar-refractivity contribution is -0.140. The van der Waals surface area contributed by atoms with Crippen molar-refractivity contribution >= 4 is 17.6 Å². The molecule has 0 saturated carbocycles. The Morgan fingerprint density at radius 1 is 1.50 bits per heavy atom. The SMILES string of the molecule is C#CCCC(NC(=O)[C@@H]1CCCN1C)C(=O)C(=O)NCC=C. The lowest BCUT2D eigenvalue weighted by Crippen LogP contribution is -2.51. The molecule has 120 valence electrons. The molecule has 0 radical (unpaired) electrons. The number of terminal acetylenes is 1. The molecule has 0 bridgehead atoms. The predicted octanol–water partition coefficient (Wildman–Crippen LogP) is -0.150. The number of carbonyl (C=O) groups excluding carboxylic acids is 3. The Morgan fingerprint density at radius 3 is 2.77 bits per heavy atom. The Kier molecular flexibility index (Phi) is 7.33. The molecule has 1 unspecified atom stereocenters. The molecular weight excluding hydrogens is 282 g/mol. The van der Waals surface area contributed by atoms with Gasteiger partial charge in [0.05, 0.1) is 12.1 Å². The van der Waals surface area contributed by atoms with Crippen molar-refractivity contribution in [3.05, 3.63) is 12.7 Å². The lowest BCUT2D eigenvalue weighted by atomic mass is 10.0. The van der Waals surface area contributed by atoms with Crippen LogP contribution in [0, 0.1) is 12.3 Å². The molecule has 2 atom stereocenters. The first kappa shape index (κ1) is 17.9. The van der Waals surface area contributed by atoms with Gasteiger partial charge in [0, 0.05) is 13.0 Å². The summed E-state index contributed by atoms with van der Waals surface area (Å²) in [5.41, 5.74) is 0. The molecule has 6 heteroatoms. The van der Waals surface area contributed by atoms with Crippen LogP contribution in [0.5, 0.6) is 0 Å². The minimum absolute atomic E-state index is 0.200. The lowest BCUT2D eigenvalue weighted by Gasteiger charge is -2.22. The molecule has 22 heavy (non-hydrogen) atoms. The Morgan fingerprint density at radius 2 is 2.23 bits per heavy atom. The summed E-state index contributed by atoms with van der Waals surface area (Å²) in [4.78, 5) is 38.1. The normalized spacial score (nSPS) is 19.0. The molecule has 2 N–H and O–H groups in total. The van der Waals surface area contributed by atoms with Crippen molar-refractivity contribution in [2.45, 2.75) is 37.8 Å². The topological polar surface area (TPSA) is 78.5 Å². The second-order valence-corrected chi connectivity index (χ2v) is 5.31. The van der Waals surface area contributed by atoms with Crippen LogP contribution in [0.4, 0.5) is 0 Å². The zero-order valence-corrected chi connectivity index (χ0v) is 12.9. The van der Waals surface area contributed by atoms with Gasteiger partial charge < -0.3 is 10.6 Å². The van der Waals surface area contributed by atoms with Gasteiger partial charge in [-0.2, -0.15) is 0 Å². The summed E-state index contributed by atoms with van der Waals surface area (Å²) in [5, 5.41) is 5.09. The Labute approximate surface area is 131 Å². The maximum Gasteiger partial charge on any atom is 0.289 e. The second-order valence-electron chi connectivity index (χ2n) is 5.31. The minimum Gasteiger partial charge on any atom is -0.346 e. The molecule has 0 spiro atoms. The zero-order valence-electron chi connectivity index (χ0n) is 12.9. The highest BCUT2D eigenvalue weighted by Gasteiger charge is 2.32. The summed E-state index contributed by atoms with van der Waals surface area (Å²) in [6.07, 6.45) is 8.95. The van der Waals surface area contributed by atoms with E-state index in [0.717, 1.165) is 19.4 Å². The second kappa shape index (κ2) is 9.00. The molecule has 1 saturated heterocycles. The zero-order chi connectivity index (χ0) is 16.5. The number of Topliss-reactive ketones (excluding diaryl/α,β-unsaturated/α-hetero) is 1. The molecule has 2 amide bonds. The molecule has 0 aliphatic carbocycles. The summed E-state index contributed by atoms with van der Waals surface area (Å²) in [6, 6.07) is -1.14. The smallest absolute Gasteiger partial charge is 0.289 e. The molecule has 1 rings (SSSR count). The van der Waals surface area contributed by atoms with E-state index in [1.807, 2.05) is 11.9 Å². The molecule has 1 aliphatic rings. The number of amides is 2. The summed E-state index contributed by atoms with van der Waals surface area (Å²) < 4.78 is 0. The van der Waals surface area contributed by atoms with E-state index in [0.29, 0.717) is 6.42 Å². The molecule has 6 nitrogen and oxygen atoms in total. The van der Waals surface area contributed by atoms with Crippen molar-refractivity contribution in [3.8, 4) is 12.3 Å². The minimum atomic E-state index is -0.887. The van der Waals surface area contributed by atoms with Gasteiger partial charge in [-0.15, -0.1) is 18.9 Å². The molecular formula is C16H23N3O3.